The van der Waals surface area contributed by atoms with E-state index in [0.717, 1.165) is 30.0 Å². The Morgan fingerprint density at radius 1 is 1.11 bits per heavy atom. The third-order valence-electron chi connectivity index (χ3n) is 3.40. The molecule has 0 fully saturated rings. The van der Waals surface area contributed by atoms with E-state index in [2.05, 4.69) is 23.5 Å². The van der Waals surface area contributed by atoms with Gasteiger partial charge in [-0.2, -0.15) is 0 Å². The molecule has 3 rings (SSSR count). The van der Waals surface area contributed by atoms with Crippen molar-refractivity contribution in [2.24, 2.45) is 0 Å². The number of fused-ring (bicyclic) bond motifs is 1. The minimum absolute atomic E-state index is 0.195. The fourth-order valence-corrected chi connectivity index (χ4v) is 2.63. The van der Waals surface area contributed by atoms with Crippen LogP contribution in [0, 0.1) is 0 Å². The van der Waals surface area contributed by atoms with Crippen LogP contribution < -0.4 is 10.1 Å². The van der Waals surface area contributed by atoms with Crippen LogP contribution in [-0.4, -0.2) is 12.6 Å². The molecule has 19 heavy (non-hydrogen) atoms. The van der Waals surface area contributed by atoms with Gasteiger partial charge < -0.3 is 10.1 Å². The summed E-state index contributed by atoms with van der Waals surface area (Å²) in [5, 5.41) is 3.43. The van der Waals surface area contributed by atoms with Crippen molar-refractivity contribution in [2.45, 2.75) is 18.4 Å². The highest BCUT2D eigenvalue weighted by molar-refractivity contribution is 6.17. The predicted molar refractivity (Wildman–Crippen MR) is 79.1 cm³/mol. The minimum Gasteiger partial charge on any atom is -0.488 e. The summed E-state index contributed by atoms with van der Waals surface area (Å²) in [6, 6.07) is 16.3. The zero-order valence-electron chi connectivity index (χ0n) is 10.6. The lowest BCUT2D eigenvalue weighted by Gasteiger charge is -2.14. The molecule has 2 aromatic carbocycles. The second-order valence-corrected chi connectivity index (χ2v) is 4.99. The van der Waals surface area contributed by atoms with Gasteiger partial charge in [-0.3, -0.25) is 0 Å². The Hall–Kier alpha value is -1.67. The molecular weight excluding hydrogens is 258 g/mol. The lowest BCUT2D eigenvalue weighted by Crippen LogP contribution is -2.24. The van der Waals surface area contributed by atoms with Crippen molar-refractivity contribution < 1.29 is 4.74 Å². The number of halogens is 1. The second kappa shape index (κ2) is 5.54. The van der Waals surface area contributed by atoms with E-state index in [1.807, 2.05) is 30.3 Å². The first-order valence-corrected chi connectivity index (χ1v) is 7.02. The van der Waals surface area contributed by atoms with Crippen LogP contribution in [0.25, 0.3) is 0 Å². The molecule has 1 N–H and O–H groups in total. The smallest absolute Gasteiger partial charge is 0.123 e. The Bertz CT molecular complexity index is 545. The fraction of sp³-hybridized carbons (Fsp3) is 0.250. The van der Waals surface area contributed by atoms with E-state index >= 15 is 0 Å². The van der Waals surface area contributed by atoms with Gasteiger partial charge in [-0.15, -0.1) is 11.6 Å². The summed E-state index contributed by atoms with van der Waals surface area (Å²) in [5.74, 6) is 1.54. The van der Waals surface area contributed by atoms with E-state index in [1.165, 1.54) is 5.56 Å². The summed E-state index contributed by atoms with van der Waals surface area (Å²) < 4.78 is 5.91. The Labute approximate surface area is 118 Å². The summed E-state index contributed by atoms with van der Waals surface area (Å²) in [5.41, 5.74) is 3.51. The molecule has 0 aliphatic carbocycles. The first-order valence-electron chi connectivity index (χ1n) is 6.49. The van der Waals surface area contributed by atoms with Gasteiger partial charge in [0.2, 0.25) is 0 Å². The number of anilines is 1. The summed E-state index contributed by atoms with van der Waals surface area (Å²) in [6.07, 6.45) is 1.16. The van der Waals surface area contributed by atoms with Crippen LogP contribution in [0.1, 0.15) is 11.1 Å². The maximum absolute atomic E-state index is 5.93. The molecule has 0 radical (unpaired) electrons. The number of hydrogen-bond acceptors (Lipinski definition) is 2. The Morgan fingerprint density at radius 3 is 2.74 bits per heavy atom. The third-order valence-corrected chi connectivity index (χ3v) is 3.68. The standard InChI is InChI=1S/C16H16ClNO/c17-10-13-6-1-3-7-15(13)18-11-14-9-12-5-2-4-8-16(12)19-14/h1-8,14,18H,9-11H2. The molecule has 1 heterocycles. The van der Waals surface area contributed by atoms with Crippen LogP contribution in [0.4, 0.5) is 5.69 Å². The van der Waals surface area contributed by atoms with Crippen molar-refractivity contribution >= 4 is 17.3 Å². The molecule has 3 heteroatoms. The number of alkyl halides is 1. The van der Waals surface area contributed by atoms with Crippen molar-refractivity contribution in [3.05, 3.63) is 59.7 Å². The van der Waals surface area contributed by atoms with E-state index in [4.69, 9.17) is 16.3 Å². The molecule has 1 aliphatic heterocycles. The normalized spacial score (nSPS) is 16.8. The number of nitrogens with one attached hydrogen (secondary N) is 1. The average molecular weight is 274 g/mol. The number of para-hydroxylation sites is 2. The van der Waals surface area contributed by atoms with Gasteiger partial charge in [0, 0.05) is 18.0 Å². The molecule has 2 aromatic rings. The van der Waals surface area contributed by atoms with Gasteiger partial charge in [0.1, 0.15) is 11.9 Å². The molecule has 1 unspecified atom stereocenters. The van der Waals surface area contributed by atoms with Gasteiger partial charge in [0.15, 0.2) is 0 Å². The summed E-state index contributed by atoms with van der Waals surface area (Å²) in [7, 11) is 0. The highest BCUT2D eigenvalue weighted by Crippen LogP contribution is 2.28. The first-order chi connectivity index (χ1) is 9.36. The zero-order chi connectivity index (χ0) is 13.1. The molecule has 0 saturated carbocycles. The topological polar surface area (TPSA) is 21.3 Å². The number of hydrogen-bond donors (Lipinski definition) is 1. The van der Waals surface area contributed by atoms with Crippen molar-refractivity contribution in [2.75, 3.05) is 11.9 Å². The van der Waals surface area contributed by atoms with Crippen LogP contribution >= 0.6 is 11.6 Å². The quantitative estimate of drug-likeness (QED) is 0.855. The molecule has 1 aliphatic rings. The van der Waals surface area contributed by atoms with Crippen LogP contribution in [0.2, 0.25) is 0 Å². The minimum atomic E-state index is 0.195. The van der Waals surface area contributed by atoms with Crippen LogP contribution in [0.15, 0.2) is 48.5 Å². The van der Waals surface area contributed by atoms with E-state index in [-0.39, 0.29) is 6.10 Å². The second-order valence-electron chi connectivity index (χ2n) is 4.72. The van der Waals surface area contributed by atoms with Crippen LogP contribution in [0.3, 0.4) is 0 Å². The van der Waals surface area contributed by atoms with Gasteiger partial charge in [0.05, 0.1) is 6.54 Å². The lowest BCUT2D eigenvalue weighted by atomic mass is 10.1. The summed E-state index contributed by atoms with van der Waals surface area (Å²) in [6.45, 7) is 0.794. The highest BCUT2D eigenvalue weighted by atomic mass is 35.5. The van der Waals surface area contributed by atoms with Crippen molar-refractivity contribution in [3.8, 4) is 5.75 Å². The monoisotopic (exact) mass is 273 g/mol. The van der Waals surface area contributed by atoms with Crippen molar-refractivity contribution in [1.82, 2.24) is 0 Å². The molecule has 0 saturated heterocycles. The van der Waals surface area contributed by atoms with E-state index in [1.54, 1.807) is 0 Å². The van der Waals surface area contributed by atoms with E-state index in [0.29, 0.717) is 5.88 Å². The average Bonchev–Trinajstić information content (AvgIpc) is 2.88. The third kappa shape index (κ3) is 2.69. The van der Waals surface area contributed by atoms with E-state index in [9.17, 15) is 0 Å². The summed E-state index contributed by atoms with van der Waals surface area (Å²) in [4.78, 5) is 0. The number of benzene rings is 2. The van der Waals surface area contributed by atoms with E-state index < -0.39 is 0 Å². The molecule has 0 spiro atoms. The van der Waals surface area contributed by atoms with Gasteiger partial charge >= 0.3 is 0 Å². The Morgan fingerprint density at radius 2 is 1.89 bits per heavy atom. The van der Waals surface area contributed by atoms with Gasteiger partial charge in [0.25, 0.3) is 0 Å². The SMILES string of the molecule is ClCc1ccccc1NCC1Cc2ccccc2O1. The Kier molecular flexibility index (Phi) is 3.60. The fourth-order valence-electron chi connectivity index (χ4n) is 2.40. The molecular formula is C16H16ClNO. The molecule has 98 valence electrons. The molecule has 0 amide bonds. The van der Waals surface area contributed by atoms with Gasteiger partial charge in [-0.05, 0) is 23.3 Å². The van der Waals surface area contributed by atoms with Gasteiger partial charge in [-0.1, -0.05) is 36.4 Å². The molecule has 1 atom stereocenters. The largest absolute Gasteiger partial charge is 0.488 e. The lowest BCUT2D eigenvalue weighted by molar-refractivity contribution is 0.246. The molecule has 0 aromatic heterocycles. The molecule has 2 nitrogen and oxygen atoms in total. The predicted octanol–water partition coefficient (Wildman–Crippen LogP) is 3.84. The number of ether oxygens (including phenoxy) is 1. The van der Waals surface area contributed by atoms with Crippen molar-refractivity contribution in [3.63, 3.8) is 0 Å². The maximum Gasteiger partial charge on any atom is 0.123 e. The number of rotatable bonds is 4. The van der Waals surface area contributed by atoms with Crippen LogP contribution in [-0.2, 0) is 12.3 Å². The van der Waals surface area contributed by atoms with Crippen molar-refractivity contribution in [1.29, 1.82) is 0 Å². The van der Waals surface area contributed by atoms with Gasteiger partial charge in [-0.25, -0.2) is 0 Å². The highest BCUT2D eigenvalue weighted by Gasteiger charge is 2.21. The Balaban J connectivity index is 1.63. The zero-order valence-corrected chi connectivity index (χ0v) is 11.4. The van der Waals surface area contributed by atoms with Crippen LogP contribution in [0.5, 0.6) is 5.75 Å². The molecule has 0 bridgehead atoms. The first kappa shape index (κ1) is 12.4. The maximum atomic E-state index is 5.93. The summed E-state index contributed by atoms with van der Waals surface area (Å²) >= 11 is 5.93.